The SMILES string of the molecule is O=C(NC1CC1)c1cc(F)ccc1Sc1ccc2c(/C=C/c3cccc(CN4CCCC4)n3)n[nH]c2c1. The number of rotatable bonds is 8. The van der Waals surface area contributed by atoms with Crippen LogP contribution in [0.15, 0.2) is 64.4 Å². The molecular formula is C29H28FN5OS. The van der Waals surface area contributed by atoms with Gasteiger partial charge >= 0.3 is 0 Å². The van der Waals surface area contributed by atoms with E-state index < -0.39 is 5.82 Å². The van der Waals surface area contributed by atoms with E-state index in [1.807, 2.05) is 36.4 Å². The summed E-state index contributed by atoms with van der Waals surface area (Å²) in [5.74, 6) is -0.639. The molecule has 2 N–H and O–H groups in total. The average Bonchev–Trinajstić information content (AvgIpc) is 3.39. The van der Waals surface area contributed by atoms with E-state index in [0.29, 0.717) is 5.56 Å². The van der Waals surface area contributed by atoms with Crippen LogP contribution in [0.2, 0.25) is 0 Å². The van der Waals surface area contributed by atoms with E-state index in [1.54, 1.807) is 6.07 Å². The Morgan fingerprint density at radius 2 is 1.97 bits per heavy atom. The van der Waals surface area contributed by atoms with Crippen LogP contribution in [0.3, 0.4) is 0 Å². The number of likely N-dealkylation sites (tertiary alicyclic amines) is 1. The Morgan fingerprint density at radius 3 is 2.81 bits per heavy atom. The highest BCUT2D eigenvalue weighted by atomic mass is 32.2. The molecule has 0 radical (unpaired) electrons. The van der Waals surface area contributed by atoms with Crippen molar-refractivity contribution in [1.29, 1.82) is 0 Å². The molecule has 0 bridgehead atoms. The van der Waals surface area contributed by atoms with E-state index >= 15 is 0 Å². The number of hydrogen-bond acceptors (Lipinski definition) is 5. The zero-order chi connectivity index (χ0) is 25.2. The Labute approximate surface area is 219 Å². The first-order valence-electron chi connectivity index (χ1n) is 12.7. The number of hydrogen-bond donors (Lipinski definition) is 2. The minimum absolute atomic E-state index is 0.212. The van der Waals surface area contributed by atoms with Crippen molar-refractivity contribution >= 4 is 40.7 Å². The van der Waals surface area contributed by atoms with Crippen molar-refractivity contribution in [2.24, 2.45) is 0 Å². The molecule has 6 nitrogen and oxygen atoms in total. The number of carbonyl (C=O) groups excluding carboxylic acids is 1. The summed E-state index contributed by atoms with van der Waals surface area (Å²) in [7, 11) is 0. The van der Waals surface area contributed by atoms with Gasteiger partial charge in [-0.15, -0.1) is 0 Å². The fourth-order valence-corrected chi connectivity index (χ4v) is 5.57. The number of aromatic amines is 1. The Hall–Kier alpha value is -3.49. The van der Waals surface area contributed by atoms with Crippen LogP contribution >= 0.6 is 11.8 Å². The lowest BCUT2D eigenvalue weighted by Gasteiger charge is -2.13. The van der Waals surface area contributed by atoms with Gasteiger partial charge in [0, 0.05) is 27.8 Å². The van der Waals surface area contributed by atoms with Crippen LogP contribution < -0.4 is 5.32 Å². The number of aromatic nitrogens is 3. The Bertz CT molecular complexity index is 1470. The number of nitrogens with one attached hydrogen (secondary N) is 2. The fourth-order valence-electron chi connectivity index (χ4n) is 4.61. The molecule has 0 unspecified atom stereocenters. The number of H-pyrrole nitrogens is 1. The second-order valence-corrected chi connectivity index (χ2v) is 10.8. The summed E-state index contributed by atoms with van der Waals surface area (Å²) in [4.78, 5) is 21.6. The standard InChI is InChI=1S/C29H28FN5OS/c30-19-6-13-28(25(16-19)29(36)32-21-7-8-21)37-23-10-11-24-26(33-34-27(24)17-23)12-9-20-4-3-5-22(31-20)18-35-14-1-2-15-35/h3-6,9-13,16-17,21H,1-2,7-8,14-15,18H2,(H,32,36)(H,33,34)/b12-9+. The van der Waals surface area contributed by atoms with Crippen LogP contribution in [-0.4, -0.2) is 45.1 Å². The second-order valence-electron chi connectivity index (χ2n) is 9.68. The van der Waals surface area contributed by atoms with Crippen molar-refractivity contribution in [2.45, 2.75) is 48.1 Å². The molecule has 4 aromatic rings. The van der Waals surface area contributed by atoms with Crippen molar-refractivity contribution in [2.75, 3.05) is 13.1 Å². The third kappa shape index (κ3) is 5.76. The van der Waals surface area contributed by atoms with Gasteiger partial charge in [-0.1, -0.05) is 17.8 Å². The smallest absolute Gasteiger partial charge is 0.252 e. The van der Waals surface area contributed by atoms with Gasteiger partial charge in [-0.05, 0) is 99.5 Å². The summed E-state index contributed by atoms with van der Waals surface area (Å²) >= 11 is 1.44. The predicted octanol–water partition coefficient (Wildman–Crippen LogP) is 5.91. The first-order valence-corrected chi connectivity index (χ1v) is 13.6. The van der Waals surface area contributed by atoms with Crippen LogP contribution in [0.4, 0.5) is 4.39 Å². The molecule has 8 heteroatoms. The molecule has 1 aliphatic heterocycles. The van der Waals surface area contributed by atoms with Gasteiger partial charge in [0.25, 0.3) is 5.91 Å². The minimum atomic E-state index is -0.415. The van der Waals surface area contributed by atoms with Crippen LogP contribution in [0.1, 0.15) is 53.1 Å². The Morgan fingerprint density at radius 1 is 1.11 bits per heavy atom. The number of fused-ring (bicyclic) bond motifs is 1. The van der Waals surface area contributed by atoms with Crippen LogP contribution in [0, 0.1) is 5.82 Å². The summed E-state index contributed by atoms with van der Waals surface area (Å²) in [5.41, 5.74) is 4.10. The predicted molar refractivity (Wildman–Crippen MR) is 145 cm³/mol. The molecule has 188 valence electrons. The van der Waals surface area contributed by atoms with Crippen molar-refractivity contribution in [3.05, 3.63) is 83.1 Å². The van der Waals surface area contributed by atoms with Gasteiger partial charge in [0.15, 0.2) is 0 Å². The Balaban J connectivity index is 1.18. The number of pyridine rings is 1. The number of halogens is 1. The topological polar surface area (TPSA) is 73.9 Å². The molecule has 2 fully saturated rings. The molecule has 2 aromatic heterocycles. The molecule has 37 heavy (non-hydrogen) atoms. The fraction of sp³-hybridized carbons (Fsp3) is 0.276. The normalized spacial score (nSPS) is 16.1. The first-order chi connectivity index (χ1) is 18.1. The maximum absolute atomic E-state index is 13.9. The lowest BCUT2D eigenvalue weighted by Crippen LogP contribution is -2.26. The molecule has 0 spiro atoms. The lowest BCUT2D eigenvalue weighted by molar-refractivity contribution is 0.0947. The molecule has 3 heterocycles. The van der Waals surface area contributed by atoms with E-state index in [0.717, 1.165) is 70.3 Å². The van der Waals surface area contributed by atoms with Crippen molar-refractivity contribution < 1.29 is 9.18 Å². The van der Waals surface area contributed by atoms with Gasteiger partial charge in [0.05, 0.1) is 28.2 Å². The monoisotopic (exact) mass is 513 g/mol. The lowest BCUT2D eigenvalue weighted by atomic mass is 10.2. The van der Waals surface area contributed by atoms with Gasteiger partial charge in [-0.25, -0.2) is 4.39 Å². The third-order valence-electron chi connectivity index (χ3n) is 6.71. The number of amides is 1. The number of nitrogens with zero attached hydrogens (tertiary/aromatic N) is 3. The van der Waals surface area contributed by atoms with E-state index in [9.17, 15) is 9.18 Å². The molecule has 2 aromatic carbocycles. The largest absolute Gasteiger partial charge is 0.349 e. The van der Waals surface area contributed by atoms with Crippen molar-refractivity contribution in [3.63, 3.8) is 0 Å². The quantitative estimate of drug-likeness (QED) is 0.307. The summed E-state index contributed by atoms with van der Waals surface area (Å²) in [6.07, 6.45) is 8.48. The summed E-state index contributed by atoms with van der Waals surface area (Å²) in [5, 5.41) is 11.6. The van der Waals surface area contributed by atoms with E-state index in [2.05, 4.69) is 32.5 Å². The van der Waals surface area contributed by atoms with Crippen LogP contribution in [0.5, 0.6) is 0 Å². The number of benzene rings is 2. The maximum Gasteiger partial charge on any atom is 0.252 e. The van der Waals surface area contributed by atoms with E-state index in [-0.39, 0.29) is 11.9 Å². The average molecular weight is 514 g/mol. The molecule has 2 aliphatic rings. The molecular weight excluding hydrogens is 485 g/mol. The van der Waals surface area contributed by atoms with Gasteiger partial charge in [0.2, 0.25) is 0 Å². The highest BCUT2D eigenvalue weighted by Crippen LogP contribution is 2.34. The summed E-state index contributed by atoms with van der Waals surface area (Å²) < 4.78 is 13.9. The summed E-state index contributed by atoms with van der Waals surface area (Å²) in [6.45, 7) is 3.19. The highest BCUT2D eigenvalue weighted by molar-refractivity contribution is 7.99. The van der Waals surface area contributed by atoms with Gasteiger partial charge in [0.1, 0.15) is 5.82 Å². The van der Waals surface area contributed by atoms with Gasteiger partial charge in [-0.2, -0.15) is 5.10 Å². The maximum atomic E-state index is 13.9. The molecule has 1 saturated carbocycles. The minimum Gasteiger partial charge on any atom is -0.349 e. The number of carbonyl (C=O) groups is 1. The third-order valence-corrected chi connectivity index (χ3v) is 7.78. The van der Waals surface area contributed by atoms with Gasteiger partial charge < -0.3 is 5.32 Å². The highest BCUT2D eigenvalue weighted by Gasteiger charge is 2.25. The van der Waals surface area contributed by atoms with Crippen molar-refractivity contribution in [3.8, 4) is 0 Å². The van der Waals surface area contributed by atoms with Crippen molar-refractivity contribution in [1.82, 2.24) is 25.4 Å². The first kappa shape index (κ1) is 23.9. The van der Waals surface area contributed by atoms with Crippen LogP contribution in [0.25, 0.3) is 23.1 Å². The van der Waals surface area contributed by atoms with Crippen LogP contribution in [-0.2, 0) is 6.54 Å². The molecule has 0 atom stereocenters. The molecule has 6 rings (SSSR count). The molecule has 1 amide bonds. The molecule has 1 aliphatic carbocycles. The van der Waals surface area contributed by atoms with E-state index in [1.165, 1.54) is 36.7 Å². The molecule has 1 saturated heterocycles. The second kappa shape index (κ2) is 10.5. The summed E-state index contributed by atoms with van der Waals surface area (Å²) in [6, 6.07) is 16.8. The zero-order valence-electron chi connectivity index (χ0n) is 20.4. The van der Waals surface area contributed by atoms with E-state index in [4.69, 9.17) is 4.98 Å². The van der Waals surface area contributed by atoms with Gasteiger partial charge in [-0.3, -0.25) is 19.8 Å². The zero-order valence-corrected chi connectivity index (χ0v) is 21.2. The Kier molecular flexibility index (Phi) is 6.76.